The van der Waals surface area contributed by atoms with Crippen molar-refractivity contribution >= 4 is 17.4 Å². The molecule has 0 unspecified atom stereocenters. The van der Waals surface area contributed by atoms with E-state index in [4.69, 9.17) is 10.5 Å². The molecule has 0 aliphatic carbocycles. The Labute approximate surface area is 180 Å². The number of benzene rings is 2. The monoisotopic (exact) mass is 437 g/mol. The zero-order valence-corrected chi connectivity index (χ0v) is 16.8. The summed E-state index contributed by atoms with van der Waals surface area (Å²) in [5.74, 6) is -2.23. The first kappa shape index (κ1) is 21.0. The van der Waals surface area contributed by atoms with Crippen molar-refractivity contribution in [3.8, 4) is 28.2 Å². The highest BCUT2D eigenvalue weighted by Crippen LogP contribution is 2.31. The van der Waals surface area contributed by atoms with E-state index in [0.717, 1.165) is 16.3 Å². The Morgan fingerprint density at radius 1 is 1.16 bits per heavy atom. The van der Waals surface area contributed by atoms with Crippen LogP contribution in [0.2, 0.25) is 0 Å². The van der Waals surface area contributed by atoms with Gasteiger partial charge in [0, 0.05) is 24.6 Å². The van der Waals surface area contributed by atoms with Gasteiger partial charge in [-0.05, 0) is 46.3 Å². The highest BCUT2D eigenvalue weighted by molar-refractivity contribution is 5.92. The van der Waals surface area contributed by atoms with Crippen LogP contribution in [0.3, 0.4) is 0 Å². The number of anilines is 2. The maximum absolute atomic E-state index is 14.3. The number of hydrogen-bond acceptors (Lipinski definition) is 7. The summed E-state index contributed by atoms with van der Waals surface area (Å²) >= 11 is 0. The first-order valence-corrected chi connectivity index (χ1v) is 9.36. The summed E-state index contributed by atoms with van der Waals surface area (Å²) in [6, 6.07) is 12.4. The van der Waals surface area contributed by atoms with E-state index in [9.17, 15) is 13.6 Å². The Morgan fingerprint density at radius 2 is 1.97 bits per heavy atom. The van der Waals surface area contributed by atoms with Crippen molar-refractivity contribution in [2.24, 2.45) is 0 Å². The average molecular weight is 437 g/mol. The second-order valence-corrected chi connectivity index (χ2v) is 6.71. The lowest BCUT2D eigenvalue weighted by atomic mass is 10.0. The minimum Gasteiger partial charge on any atom is -0.383 e. The number of nitrogens with two attached hydrogens (primary N) is 1. The fraction of sp³-hybridized carbons (Fsp3) is 0.0952. The van der Waals surface area contributed by atoms with E-state index in [1.165, 1.54) is 19.2 Å². The van der Waals surface area contributed by atoms with E-state index >= 15 is 0 Å². The van der Waals surface area contributed by atoms with Crippen molar-refractivity contribution < 1.29 is 18.3 Å². The molecule has 0 aliphatic rings. The number of ether oxygens (including phenoxy) is 1. The molecule has 3 N–H and O–H groups in total. The predicted molar refractivity (Wildman–Crippen MR) is 113 cm³/mol. The van der Waals surface area contributed by atoms with Gasteiger partial charge in [0.05, 0.1) is 5.56 Å². The Morgan fingerprint density at radius 3 is 2.78 bits per heavy atom. The van der Waals surface area contributed by atoms with Gasteiger partial charge >= 0.3 is 0 Å². The number of nitrogens with one attached hydrogen (secondary N) is 1. The summed E-state index contributed by atoms with van der Waals surface area (Å²) in [5.41, 5.74) is 8.14. The topological polar surface area (TPSA) is 121 Å². The number of aromatic nitrogens is 5. The molecule has 1 amide bonds. The van der Waals surface area contributed by atoms with Gasteiger partial charge < -0.3 is 15.8 Å². The molecule has 4 aromatic rings. The molecule has 2 aromatic heterocycles. The third kappa shape index (κ3) is 4.14. The van der Waals surface area contributed by atoms with Crippen LogP contribution < -0.4 is 11.1 Å². The first-order chi connectivity index (χ1) is 15.5. The first-order valence-electron chi connectivity index (χ1n) is 9.36. The van der Waals surface area contributed by atoms with E-state index in [2.05, 4.69) is 25.8 Å². The number of rotatable bonds is 6. The minimum absolute atomic E-state index is 0.0723. The van der Waals surface area contributed by atoms with Gasteiger partial charge in [-0.25, -0.2) is 13.8 Å². The molecular formula is C21H17F2N7O2. The third-order valence-corrected chi connectivity index (χ3v) is 4.54. The molecule has 0 spiro atoms. The second-order valence-electron chi connectivity index (χ2n) is 6.71. The molecule has 0 atom stereocenters. The molecule has 0 aliphatic heterocycles. The molecule has 9 nitrogen and oxygen atoms in total. The molecule has 32 heavy (non-hydrogen) atoms. The Hall–Kier alpha value is -4.25. The van der Waals surface area contributed by atoms with E-state index in [-0.39, 0.29) is 29.8 Å². The molecule has 0 saturated heterocycles. The third-order valence-electron chi connectivity index (χ3n) is 4.54. The van der Waals surface area contributed by atoms with Crippen molar-refractivity contribution in [2.45, 2.75) is 0 Å². The summed E-state index contributed by atoms with van der Waals surface area (Å²) in [6.45, 7) is -0.0723. The van der Waals surface area contributed by atoms with Gasteiger partial charge in [0.1, 0.15) is 18.1 Å². The summed E-state index contributed by atoms with van der Waals surface area (Å²) in [7, 11) is 1.43. The van der Waals surface area contributed by atoms with Crippen LogP contribution in [0.15, 0.2) is 54.7 Å². The van der Waals surface area contributed by atoms with Crippen molar-refractivity contribution in [3.05, 3.63) is 66.4 Å². The van der Waals surface area contributed by atoms with Gasteiger partial charge in [-0.3, -0.25) is 4.79 Å². The fourth-order valence-electron chi connectivity index (χ4n) is 3.09. The smallest absolute Gasteiger partial charge is 0.250 e. The fourth-order valence-corrected chi connectivity index (χ4v) is 3.09. The van der Waals surface area contributed by atoms with Gasteiger partial charge in [0.15, 0.2) is 17.5 Å². The van der Waals surface area contributed by atoms with Crippen LogP contribution in [-0.2, 0) is 9.53 Å². The van der Waals surface area contributed by atoms with Crippen molar-refractivity contribution in [3.63, 3.8) is 0 Å². The molecule has 0 bridgehead atoms. The second kappa shape index (κ2) is 8.86. The summed E-state index contributed by atoms with van der Waals surface area (Å²) in [5, 5.41) is 14.0. The number of carbonyl (C=O) groups excluding carboxylic acids is 1. The van der Waals surface area contributed by atoms with Gasteiger partial charge in [0.2, 0.25) is 5.91 Å². The normalized spacial score (nSPS) is 10.8. The lowest BCUT2D eigenvalue weighted by Crippen LogP contribution is -2.16. The zero-order valence-electron chi connectivity index (χ0n) is 16.8. The van der Waals surface area contributed by atoms with Crippen LogP contribution in [0, 0.1) is 11.6 Å². The lowest BCUT2D eigenvalue weighted by molar-refractivity contribution is -0.119. The Balaban J connectivity index is 1.74. The van der Waals surface area contributed by atoms with E-state index < -0.39 is 11.6 Å². The molecule has 2 heterocycles. The van der Waals surface area contributed by atoms with E-state index in [0.29, 0.717) is 16.8 Å². The maximum Gasteiger partial charge on any atom is 0.250 e. The summed E-state index contributed by atoms with van der Waals surface area (Å²) < 4.78 is 33.9. The molecular weight excluding hydrogens is 420 g/mol. The zero-order chi connectivity index (χ0) is 22.7. The number of amides is 1. The molecule has 4 rings (SSSR count). The van der Waals surface area contributed by atoms with Crippen LogP contribution in [0.5, 0.6) is 0 Å². The number of carbonyl (C=O) groups is 1. The summed E-state index contributed by atoms with van der Waals surface area (Å²) in [6.07, 6.45) is 1.55. The van der Waals surface area contributed by atoms with Crippen LogP contribution in [0.25, 0.3) is 28.2 Å². The molecule has 0 fully saturated rings. The number of tetrazole rings is 1. The number of hydrogen-bond donors (Lipinski definition) is 2. The highest BCUT2D eigenvalue weighted by atomic mass is 19.2. The largest absolute Gasteiger partial charge is 0.383 e. The molecule has 2 aromatic carbocycles. The summed E-state index contributed by atoms with van der Waals surface area (Å²) in [4.78, 5) is 16.0. The number of methoxy groups -OCH3 is 1. The molecule has 162 valence electrons. The number of pyridine rings is 1. The Kier molecular flexibility index (Phi) is 5.81. The molecule has 11 heteroatoms. The number of nitrogen functional groups attached to an aromatic ring is 1. The average Bonchev–Trinajstić information content (AvgIpc) is 3.25. The molecule has 0 saturated carbocycles. The predicted octanol–water partition coefficient (Wildman–Crippen LogP) is 2.84. The maximum atomic E-state index is 14.3. The van der Waals surface area contributed by atoms with Crippen LogP contribution in [-0.4, -0.2) is 44.8 Å². The van der Waals surface area contributed by atoms with Crippen LogP contribution in [0.4, 0.5) is 20.3 Å². The van der Waals surface area contributed by atoms with Gasteiger partial charge in [0.25, 0.3) is 0 Å². The number of halogens is 2. The lowest BCUT2D eigenvalue weighted by Gasteiger charge is -2.11. The quantitative estimate of drug-likeness (QED) is 0.476. The van der Waals surface area contributed by atoms with Crippen molar-refractivity contribution in [2.75, 3.05) is 24.8 Å². The number of nitrogens with zero attached hydrogens (tertiary/aromatic N) is 5. The molecule has 0 radical (unpaired) electrons. The standard InChI is InChI=1S/C21H17F2N7O2/c1-32-11-18(31)26-14-5-2-4-12(8-14)13-9-15(20(24)25-10-13)21-27-28-29-30(21)17-7-3-6-16(22)19(17)23/h2-10H,11H2,1H3,(H2,24,25)(H,26,31). The van der Waals surface area contributed by atoms with E-state index in [1.54, 1.807) is 30.5 Å². The Bertz CT molecular complexity index is 1290. The van der Waals surface area contributed by atoms with Gasteiger partial charge in [-0.1, -0.05) is 18.2 Å². The highest BCUT2D eigenvalue weighted by Gasteiger charge is 2.19. The van der Waals surface area contributed by atoms with E-state index in [1.807, 2.05) is 6.07 Å². The van der Waals surface area contributed by atoms with Crippen LogP contribution in [0.1, 0.15) is 0 Å². The van der Waals surface area contributed by atoms with Gasteiger partial charge in [-0.15, -0.1) is 5.10 Å². The van der Waals surface area contributed by atoms with Crippen LogP contribution >= 0.6 is 0 Å². The SMILES string of the molecule is COCC(=O)Nc1cccc(-c2cnc(N)c(-c3nnnn3-c3cccc(F)c3F)c2)c1. The van der Waals surface area contributed by atoms with Crippen molar-refractivity contribution in [1.29, 1.82) is 0 Å². The minimum atomic E-state index is -1.09. The van der Waals surface area contributed by atoms with Gasteiger partial charge in [-0.2, -0.15) is 4.68 Å². The van der Waals surface area contributed by atoms with Crippen molar-refractivity contribution in [1.82, 2.24) is 25.2 Å².